The highest BCUT2D eigenvalue weighted by Gasteiger charge is 2.12. The van der Waals surface area contributed by atoms with E-state index < -0.39 is 0 Å². The van der Waals surface area contributed by atoms with Gasteiger partial charge in [-0.2, -0.15) is 0 Å². The van der Waals surface area contributed by atoms with Crippen LogP contribution in [0.1, 0.15) is 36.7 Å². The topological polar surface area (TPSA) is 47.6 Å². The third kappa shape index (κ3) is 5.98. The molecule has 1 N–H and O–H groups in total. The molecule has 4 nitrogen and oxygen atoms in total. The van der Waals surface area contributed by atoms with Crippen LogP contribution in [0.5, 0.6) is 11.5 Å². The maximum absolute atomic E-state index is 12.3. The molecule has 0 atom stereocenters. The van der Waals surface area contributed by atoms with E-state index in [1.165, 1.54) is 0 Å². The molecule has 0 saturated carbocycles. The SMILES string of the molecule is CCOc1ccc(C(=O)NCC(C)C)cc1COc1cccc(Cl)c1. The standard InChI is InChI=1S/C20H24ClNO3/c1-4-24-19-9-8-15(20(23)22-12-14(2)3)10-16(19)13-25-18-7-5-6-17(21)11-18/h5-11,14H,4,12-13H2,1-3H3,(H,22,23). The van der Waals surface area contributed by atoms with E-state index in [0.29, 0.717) is 47.8 Å². The molecule has 0 aromatic heterocycles. The maximum atomic E-state index is 12.3. The fraction of sp³-hybridized carbons (Fsp3) is 0.350. The zero-order valence-electron chi connectivity index (χ0n) is 14.8. The molecule has 0 fully saturated rings. The molecule has 2 rings (SSSR count). The third-order valence-electron chi connectivity index (χ3n) is 3.48. The van der Waals surface area contributed by atoms with Crippen LogP contribution in [0, 0.1) is 5.92 Å². The van der Waals surface area contributed by atoms with Crippen molar-refractivity contribution in [3.63, 3.8) is 0 Å². The number of benzene rings is 2. The van der Waals surface area contributed by atoms with Crippen molar-refractivity contribution in [1.29, 1.82) is 0 Å². The molecule has 0 saturated heterocycles. The first-order valence-corrected chi connectivity index (χ1v) is 8.79. The number of ether oxygens (including phenoxy) is 2. The second-order valence-electron chi connectivity index (χ2n) is 6.11. The van der Waals surface area contributed by atoms with Gasteiger partial charge in [0.2, 0.25) is 0 Å². The van der Waals surface area contributed by atoms with E-state index in [0.717, 1.165) is 5.56 Å². The lowest BCUT2D eigenvalue weighted by atomic mass is 10.1. The van der Waals surface area contributed by atoms with Crippen LogP contribution in [0.3, 0.4) is 0 Å². The Morgan fingerprint density at radius 3 is 2.64 bits per heavy atom. The first-order chi connectivity index (χ1) is 12.0. The highest BCUT2D eigenvalue weighted by Crippen LogP contribution is 2.24. The number of carbonyl (C=O) groups excluding carboxylic acids is 1. The Morgan fingerprint density at radius 2 is 1.96 bits per heavy atom. The van der Waals surface area contributed by atoms with Crippen molar-refractivity contribution in [3.05, 3.63) is 58.6 Å². The van der Waals surface area contributed by atoms with E-state index in [4.69, 9.17) is 21.1 Å². The van der Waals surface area contributed by atoms with Gasteiger partial charge in [0.05, 0.1) is 6.61 Å². The zero-order valence-corrected chi connectivity index (χ0v) is 15.6. The summed E-state index contributed by atoms with van der Waals surface area (Å²) >= 11 is 5.98. The lowest BCUT2D eigenvalue weighted by Crippen LogP contribution is -2.27. The van der Waals surface area contributed by atoms with Crippen molar-refractivity contribution >= 4 is 17.5 Å². The summed E-state index contributed by atoms with van der Waals surface area (Å²) in [5, 5.41) is 3.54. The molecule has 0 bridgehead atoms. The molecule has 25 heavy (non-hydrogen) atoms. The average molecular weight is 362 g/mol. The average Bonchev–Trinajstić information content (AvgIpc) is 2.59. The minimum absolute atomic E-state index is 0.0965. The zero-order chi connectivity index (χ0) is 18.2. The quantitative estimate of drug-likeness (QED) is 0.741. The van der Waals surface area contributed by atoms with Crippen LogP contribution in [0.2, 0.25) is 5.02 Å². The highest BCUT2D eigenvalue weighted by atomic mass is 35.5. The lowest BCUT2D eigenvalue weighted by Gasteiger charge is -2.14. The summed E-state index contributed by atoms with van der Waals surface area (Å²) in [5.41, 5.74) is 1.41. The predicted molar refractivity (Wildman–Crippen MR) is 101 cm³/mol. The number of hydrogen-bond donors (Lipinski definition) is 1. The van der Waals surface area contributed by atoms with Crippen LogP contribution < -0.4 is 14.8 Å². The van der Waals surface area contributed by atoms with E-state index in [9.17, 15) is 4.79 Å². The van der Waals surface area contributed by atoms with E-state index in [2.05, 4.69) is 19.2 Å². The molecule has 0 aliphatic rings. The van der Waals surface area contributed by atoms with Crippen LogP contribution in [0.25, 0.3) is 0 Å². The van der Waals surface area contributed by atoms with Crippen LogP contribution >= 0.6 is 11.6 Å². The van der Waals surface area contributed by atoms with Crippen LogP contribution in [-0.4, -0.2) is 19.1 Å². The Kier molecular flexibility index (Phi) is 7.14. The monoisotopic (exact) mass is 361 g/mol. The lowest BCUT2D eigenvalue weighted by molar-refractivity contribution is 0.0949. The second kappa shape index (κ2) is 9.33. The predicted octanol–water partition coefficient (Wildman–Crippen LogP) is 4.70. The van der Waals surface area contributed by atoms with Gasteiger partial charge < -0.3 is 14.8 Å². The molecule has 1 amide bonds. The van der Waals surface area contributed by atoms with Crippen molar-refractivity contribution in [2.24, 2.45) is 5.92 Å². The fourth-order valence-corrected chi connectivity index (χ4v) is 2.43. The summed E-state index contributed by atoms with van der Waals surface area (Å²) in [7, 11) is 0. The number of nitrogens with one attached hydrogen (secondary N) is 1. The summed E-state index contributed by atoms with van der Waals surface area (Å²) in [6.07, 6.45) is 0. The molecule has 2 aromatic rings. The maximum Gasteiger partial charge on any atom is 0.251 e. The van der Waals surface area contributed by atoms with Gasteiger partial charge in [-0.1, -0.05) is 31.5 Å². The minimum Gasteiger partial charge on any atom is -0.493 e. The first-order valence-electron chi connectivity index (χ1n) is 8.42. The van der Waals surface area contributed by atoms with E-state index in [1.54, 1.807) is 18.2 Å². The van der Waals surface area contributed by atoms with Gasteiger partial charge in [-0.15, -0.1) is 0 Å². The Morgan fingerprint density at radius 1 is 1.16 bits per heavy atom. The van der Waals surface area contributed by atoms with Crippen molar-refractivity contribution in [3.8, 4) is 11.5 Å². The van der Waals surface area contributed by atoms with E-state index >= 15 is 0 Å². The smallest absolute Gasteiger partial charge is 0.251 e. The van der Waals surface area contributed by atoms with Crippen LogP contribution in [0.15, 0.2) is 42.5 Å². The summed E-state index contributed by atoms with van der Waals surface area (Å²) in [6, 6.07) is 12.6. The third-order valence-corrected chi connectivity index (χ3v) is 3.72. The van der Waals surface area contributed by atoms with E-state index in [-0.39, 0.29) is 5.91 Å². The van der Waals surface area contributed by atoms with E-state index in [1.807, 2.05) is 31.2 Å². The summed E-state index contributed by atoms with van der Waals surface area (Å²) < 4.78 is 11.4. The fourth-order valence-electron chi connectivity index (χ4n) is 2.25. The van der Waals surface area contributed by atoms with Crippen molar-refractivity contribution < 1.29 is 14.3 Å². The van der Waals surface area contributed by atoms with Gasteiger partial charge >= 0.3 is 0 Å². The van der Waals surface area contributed by atoms with Gasteiger partial charge in [0.25, 0.3) is 5.91 Å². The molecule has 0 aliphatic heterocycles. The Balaban J connectivity index is 2.15. The molecule has 0 radical (unpaired) electrons. The minimum atomic E-state index is -0.0965. The largest absolute Gasteiger partial charge is 0.493 e. The molecular formula is C20H24ClNO3. The Labute approximate surface area is 154 Å². The van der Waals surface area contributed by atoms with Gasteiger partial charge in [0, 0.05) is 22.7 Å². The Bertz CT molecular complexity index is 716. The van der Waals surface area contributed by atoms with Gasteiger partial charge in [-0.3, -0.25) is 4.79 Å². The molecule has 2 aromatic carbocycles. The molecule has 0 aliphatic carbocycles. The van der Waals surface area contributed by atoms with Crippen LogP contribution in [-0.2, 0) is 6.61 Å². The number of carbonyl (C=O) groups is 1. The van der Waals surface area contributed by atoms with Gasteiger partial charge in [0.15, 0.2) is 0 Å². The molecule has 134 valence electrons. The molecule has 0 heterocycles. The highest BCUT2D eigenvalue weighted by molar-refractivity contribution is 6.30. The second-order valence-corrected chi connectivity index (χ2v) is 6.54. The number of halogens is 1. The summed E-state index contributed by atoms with van der Waals surface area (Å²) in [4.78, 5) is 12.3. The number of rotatable bonds is 8. The molecule has 0 spiro atoms. The first kappa shape index (κ1) is 19.1. The summed E-state index contributed by atoms with van der Waals surface area (Å²) in [6.45, 7) is 7.51. The molecular weight excluding hydrogens is 338 g/mol. The van der Waals surface area contributed by atoms with Gasteiger partial charge in [0.1, 0.15) is 18.1 Å². The van der Waals surface area contributed by atoms with Crippen molar-refractivity contribution in [2.45, 2.75) is 27.4 Å². The Hall–Kier alpha value is -2.20. The van der Waals surface area contributed by atoms with Crippen molar-refractivity contribution in [1.82, 2.24) is 5.32 Å². The van der Waals surface area contributed by atoms with Crippen molar-refractivity contribution in [2.75, 3.05) is 13.2 Å². The summed E-state index contributed by atoms with van der Waals surface area (Å²) in [5.74, 6) is 1.69. The van der Waals surface area contributed by atoms with Crippen LogP contribution in [0.4, 0.5) is 0 Å². The number of hydrogen-bond acceptors (Lipinski definition) is 3. The normalized spacial score (nSPS) is 10.6. The molecule has 0 unspecified atom stereocenters. The molecule has 5 heteroatoms. The van der Waals surface area contributed by atoms with Gasteiger partial charge in [-0.25, -0.2) is 0 Å². The number of amides is 1. The van der Waals surface area contributed by atoms with Gasteiger partial charge in [-0.05, 0) is 49.2 Å².